The van der Waals surface area contributed by atoms with Crippen molar-refractivity contribution < 1.29 is 24.1 Å². The van der Waals surface area contributed by atoms with E-state index in [-0.39, 0.29) is 17.6 Å². The Morgan fingerprint density at radius 3 is 2.28 bits per heavy atom. The summed E-state index contributed by atoms with van der Waals surface area (Å²) in [5.74, 6) is 1.16. The molecule has 6 nitrogen and oxygen atoms in total. The van der Waals surface area contributed by atoms with Crippen molar-refractivity contribution in [2.24, 2.45) is 0 Å². The standard InChI is InChI=1S/C22H21NO5S/c1-26-14-6-4-12(5-7-14)16-11-29-22-15(10-19(24)23-20(16)22)13-8-17(27-2)21(25)18(9-13)28-3/h4-9,11,15,25H,10H2,1-3H3,(H,23,24)/t15-/m1/s1. The minimum absolute atomic E-state index is 0.0515. The van der Waals surface area contributed by atoms with E-state index in [4.69, 9.17) is 14.2 Å². The zero-order valence-electron chi connectivity index (χ0n) is 16.3. The van der Waals surface area contributed by atoms with Crippen LogP contribution in [-0.2, 0) is 4.79 Å². The lowest BCUT2D eigenvalue weighted by Crippen LogP contribution is -2.22. The van der Waals surface area contributed by atoms with Crippen molar-refractivity contribution in [3.8, 4) is 34.1 Å². The summed E-state index contributed by atoms with van der Waals surface area (Å²) >= 11 is 1.60. The second kappa shape index (κ2) is 7.67. The van der Waals surface area contributed by atoms with Crippen molar-refractivity contribution in [2.75, 3.05) is 26.6 Å². The molecule has 29 heavy (non-hydrogen) atoms. The van der Waals surface area contributed by atoms with Crippen LogP contribution in [0.4, 0.5) is 5.69 Å². The topological polar surface area (TPSA) is 77.0 Å². The Labute approximate surface area is 172 Å². The summed E-state index contributed by atoms with van der Waals surface area (Å²) in [6.07, 6.45) is 0.312. The van der Waals surface area contributed by atoms with Gasteiger partial charge in [-0.1, -0.05) is 12.1 Å². The summed E-state index contributed by atoms with van der Waals surface area (Å²) in [6.45, 7) is 0. The van der Waals surface area contributed by atoms with Gasteiger partial charge in [-0.25, -0.2) is 0 Å². The van der Waals surface area contributed by atoms with Crippen molar-refractivity contribution >= 4 is 22.9 Å². The lowest BCUT2D eigenvalue weighted by atomic mass is 9.88. The van der Waals surface area contributed by atoms with Gasteiger partial charge in [-0.05, 0) is 35.4 Å². The van der Waals surface area contributed by atoms with Crippen molar-refractivity contribution in [3.05, 3.63) is 52.2 Å². The molecule has 3 aromatic rings. The highest BCUT2D eigenvalue weighted by Gasteiger charge is 2.31. The van der Waals surface area contributed by atoms with Gasteiger partial charge in [0.1, 0.15) is 5.75 Å². The summed E-state index contributed by atoms with van der Waals surface area (Å²) in [4.78, 5) is 13.6. The normalized spacial score (nSPS) is 15.4. The molecule has 0 unspecified atom stereocenters. The zero-order valence-corrected chi connectivity index (χ0v) is 17.1. The maximum atomic E-state index is 12.5. The second-order valence-electron chi connectivity index (χ2n) is 6.70. The molecule has 150 valence electrons. The smallest absolute Gasteiger partial charge is 0.225 e. The minimum Gasteiger partial charge on any atom is -0.502 e. The molecule has 2 aromatic carbocycles. The van der Waals surface area contributed by atoms with E-state index in [0.717, 1.165) is 33.0 Å². The molecule has 2 heterocycles. The molecule has 1 aromatic heterocycles. The number of carbonyl (C=O) groups excluding carboxylic acids is 1. The molecule has 0 aliphatic carbocycles. The maximum Gasteiger partial charge on any atom is 0.225 e. The van der Waals surface area contributed by atoms with Gasteiger partial charge in [-0.15, -0.1) is 11.3 Å². The second-order valence-corrected chi connectivity index (χ2v) is 7.61. The van der Waals surface area contributed by atoms with E-state index in [1.165, 1.54) is 14.2 Å². The number of hydrogen-bond donors (Lipinski definition) is 2. The van der Waals surface area contributed by atoms with E-state index in [0.29, 0.717) is 17.9 Å². The summed E-state index contributed by atoms with van der Waals surface area (Å²) in [7, 11) is 4.61. The molecule has 4 rings (SSSR count). The van der Waals surface area contributed by atoms with Crippen LogP contribution in [0.25, 0.3) is 11.1 Å². The summed E-state index contributed by atoms with van der Waals surface area (Å²) in [6, 6.07) is 11.3. The highest BCUT2D eigenvalue weighted by Crippen LogP contribution is 2.49. The monoisotopic (exact) mass is 411 g/mol. The Hall–Kier alpha value is -3.19. The highest BCUT2D eigenvalue weighted by molar-refractivity contribution is 7.11. The number of rotatable bonds is 5. The Morgan fingerprint density at radius 2 is 1.69 bits per heavy atom. The molecule has 0 radical (unpaired) electrons. The van der Waals surface area contributed by atoms with Crippen LogP contribution in [-0.4, -0.2) is 32.3 Å². The molecular formula is C22H21NO5S. The van der Waals surface area contributed by atoms with Gasteiger partial charge in [-0.3, -0.25) is 4.79 Å². The third-order valence-electron chi connectivity index (χ3n) is 5.10. The first kappa shape index (κ1) is 19.1. The van der Waals surface area contributed by atoms with E-state index in [1.807, 2.05) is 24.3 Å². The Balaban J connectivity index is 1.80. The number of anilines is 1. The molecule has 7 heteroatoms. The number of phenolic OH excluding ortho intramolecular Hbond substituents is 1. The fourth-order valence-electron chi connectivity index (χ4n) is 3.59. The highest BCUT2D eigenvalue weighted by atomic mass is 32.1. The Kier molecular flexibility index (Phi) is 5.07. The van der Waals surface area contributed by atoms with Crippen LogP contribution in [0.2, 0.25) is 0 Å². The van der Waals surface area contributed by atoms with Gasteiger partial charge in [0.2, 0.25) is 11.7 Å². The fraction of sp³-hybridized carbons (Fsp3) is 0.227. The van der Waals surface area contributed by atoms with Crippen molar-refractivity contribution in [3.63, 3.8) is 0 Å². The molecule has 1 atom stereocenters. The average Bonchev–Trinajstić information content (AvgIpc) is 3.17. The van der Waals surface area contributed by atoms with Gasteiger partial charge in [0.15, 0.2) is 11.5 Å². The predicted molar refractivity (Wildman–Crippen MR) is 113 cm³/mol. The summed E-state index contributed by atoms with van der Waals surface area (Å²) in [5, 5.41) is 15.3. The molecule has 0 fully saturated rings. The quantitative estimate of drug-likeness (QED) is 0.641. The SMILES string of the molecule is COc1ccc(-c2csc3c2NC(=O)C[C@@H]3c2cc(OC)c(O)c(OC)c2)cc1. The molecule has 1 aliphatic heterocycles. The number of nitrogens with one attached hydrogen (secondary N) is 1. The number of benzene rings is 2. The van der Waals surface area contributed by atoms with E-state index in [1.54, 1.807) is 30.6 Å². The van der Waals surface area contributed by atoms with Crippen LogP contribution in [0, 0.1) is 0 Å². The number of aromatic hydroxyl groups is 1. The van der Waals surface area contributed by atoms with E-state index in [9.17, 15) is 9.90 Å². The molecule has 0 saturated heterocycles. The van der Waals surface area contributed by atoms with Crippen LogP contribution in [0.15, 0.2) is 41.8 Å². The largest absolute Gasteiger partial charge is 0.502 e. The predicted octanol–water partition coefficient (Wildman–Crippen LogP) is 4.62. The van der Waals surface area contributed by atoms with Gasteiger partial charge in [-0.2, -0.15) is 0 Å². The number of thiophene rings is 1. The number of carbonyl (C=O) groups is 1. The van der Waals surface area contributed by atoms with Crippen LogP contribution in [0.5, 0.6) is 23.0 Å². The number of methoxy groups -OCH3 is 3. The van der Waals surface area contributed by atoms with Crippen LogP contribution in [0.1, 0.15) is 22.8 Å². The molecule has 0 spiro atoms. The first-order valence-corrected chi connectivity index (χ1v) is 9.94. The summed E-state index contributed by atoms with van der Waals surface area (Å²) < 4.78 is 15.8. The summed E-state index contributed by atoms with van der Waals surface area (Å²) in [5.41, 5.74) is 3.66. The average molecular weight is 411 g/mol. The first-order valence-electron chi connectivity index (χ1n) is 9.06. The third-order valence-corrected chi connectivity index (χ3v) is 6.19. The lowest BCUT2D eigenvalue weighted by molar-refractivity contribution is -0.116. The lowest BCUT2D eigenvalue weighted by Gasteiger charge is -2.25. The number of amides is 1. The number of hydrogen-bond acceptors (Lipinski definition) is 6. The van der Waals surface area contributed by atoms with Crippen molar-refractivity contribution in [2.45, 2.75) is 12.3 Å². The van der Waals surface area contributed by atoms with Gasteiger partial charge < -0.3 is 24.6 Å². The minimum atomic E-state index is -0.154. The van der Waals surface area contributed by atoms with Gasteiger partial charge in [0.25, 0.3) is 0 Å². The van der Waals surface area contributed by atoms with Crippen LogP contribution in [0.3, 0.4) is 0 Å². The molecule has 0 bridgehead atoms. The number of ether oxygens (including phenoxy) is 3. The van der Waals surface area contributed by atoms with E-state index < -0.39 is 0 Å². The van der Waals surface area contributed by atoms with Gasteiger partial charge in [0.05, 0.1) is 27.0 Å². The third kappa shape index (κ3) is 3.38. The van der Waals surface area contributed by atoms with Gasteiger partial charge >= 0.3 is 0 Å². The van der Waals surface area contributed by atoms with E-state index in [2.05, 4.69) is 10.7 Å². The fourth-order valence-corrected chi connectivity index (χ4v) is 4.76. The zero-order chi connectivity index (χ0) is 20.5. The van der Waals surface area contributed by atoms with Crippen molar-refractivity contribution in [1.82, 2.24) is 0 Å². The molecular weight excluding hydrogens is 390 g/mol. The molecule has 1 aliphatic rings. The number of fused-ring (bicyclic) bond motifs is 1. The van der Waals surface area contributed by atoms with Crippen LogP contribution >= 0.6 is 11.3 Å². The Morgan fingerprint density at radius 1 is 1.03 bits per heavy atom. The molecule has 1 amide bonds. The Bertz CT molecular complexity index is 1030. The molecule has 2 N–H and O–H groups in total. The van der Waals surface area contributed by atoms with Crippen molar-refractivity contribution in [1.29, 1.82) is 0 Å². The van der Waals surface area contributed by atoms with Gasteiger partial charge in [0, 0.05) is 28.2 Å². The van der Waals surface area contributed by atoms with Crippen LogP contribution < -0.4 is 19.5 Å². The maximum absolute atomic E-state index is 12.5. The first-order chi connectivity index (χ1) is 14.0. The molecule has 0 saturated carbocycles. The number of phenols is 1. The van der Waals surface area contributed by atoms with E-state index >= 15 is 0 Å².